The van der Waals surface area contributed by atoms with Gasteiger partial charge in [0, 0.05) is 38.9 Å². The second kappa shape index (κ2) is 9.78. The van der Waals surface area contributed by atoms with Gasteiger partial charge in [-0.05, 0) is 36.5 Å². The van der Waals surface area contributed by atoms with E-state index >= 15 is 0 Å². The third-order valence-corrected chi connectivity index (χ3v) is 7.67. The van der Waals surface area contributed by atoms with E-state index in [4.69, 9.17) is 0 Å². The third kappa shape index (κ3) is 5.62. The monoisotopic (exact) mass is 442 g/mol. The van der Waals surface area contributed by atoms with Gasteiger partial charge in [-0.25, -0.2) is 13.4 Å². The molecule has 0 spiro atoms. The van der Waals surface area contributed by atoms with Crippen molar-refractivity contribution in [3.05, 3.63) is 59.8 Å². The van der Waals surface area contributed by atoms with Crippen molar-refractivity contribution < 1.29 is 13.2 Å². The molecule has 0 aliphatic carbocycles. The van der Waals surface area contributed by atoms with Crippen molar-refractivity contribution in [2.45, 2.75) is 31.8 Å². The van der Waals surface area contributed by atoms with Crippen LogP contribution in [0.5, 0.6) is 0 Å². The van der Waals surface area contributed by atoms with Crippen molar-refractivity contribution in [1.82, 2.24) is 15.2 Å². The SMILES string of the molecule is O=C(NCc1ccc(N2CCCCC2)nc1)C(c1ccccc1)N1CCS(=O)(=O)CC1. The Kier molecular flexibility index (Phi) is 6.87. The minimum Gasteiger partial charge on any atom is -0.357 e. The molecule has 166 valence electrons. The summed E-state index contributed by atoms with van der Waals surface area (Å²) in [6.07, 6.45) is 5.53. The van der Waals surface area contributed by atoms with Gasteiger partial charge in [-0.15, -0.1) is 0 Å². The minimum absolute atomic E-state index is 0.0888. The zero-order valence-electron chi connectivity index (χ0n) is 17.7. The molecule has 4 rings (SSSR count). The maximum Gasteiger partial charge on any atom is 0.242 e. The molecule has 31 heavy (non-hydrogen) atoms. The molecule has 2 saturated heterocycles. The molecule has 2 aliphatic heterocycles. The fraction of sp³-hybridized carbons (Fsp3) is 0.478. The number of nitrogens with one attached hydrogen (secondary N) is 1. The first-order valence-corrected chi connectivity index (χ1v) is 12.8. The zero-order chi connectivity index (χ0) is 21.7. The summed E-state index contributed by atoms with van der Waals surface area (Å²) in [4.78, 5) is 22.0. The Morgan fingerprint density at radius 3 is 2.32 bits per heavy atom. The summed E-state index contributed by atoms with van der Waals surface area (Å²) in [7, 11) is -3.01. The Morgan fingerprint density at radius 2 is 1.68 bits per heavy atom. The molecule has 0 saturated carbocycles. The lowest BCUT2D eigenvalue weighted by Crippen LogP contribution is -2.47. The fourth-order valence-electron chi connectivity index (χ4n) is 4.27. The minimum atomic E-state index is -3.01. The van der Waals surface area contributed by atoms with Crippen LogP contribution in [0.4, 0.5) is 5.82 Å². The second-order valence-corrected chi connectivity index (χ2v) is 10.6. The first-order chi connectivity index (χ1) is 15.0. The molecular weight excluding hydrogens is 412 g/mol. The Hall–Kier alpha value is -2.45. The number of pyridine rings is 1. The molecule has 8 heteroatoms. The van der Waals surface area contributed by atoms with Crippen molar-refractivity contribution >= 4 is 21.6 Å². The lowest BCUT2D eigenvalue weighted by molar-refractivity contribution is -0.126. The number of benzene rings is 1. The number of sulfone groups is 1. The molecule has 2 aliphatic rings. The Morgan fingerprint density at radius 1 is 0.968 bits per heavy atom. The van der Waals surface area contributed by atoms with Crippen molar-refractivity contribution in [1.29, 1.82) is 0 Å². The highest BCUT2D eigenvalue weighted by Crippen LogP contribution is 2.23. The van der Waals surface area contributed by atoms with Gasteiger partial charge in [0.15, 0.2) is 9.84 Å². The molecule has 1 unspecified atom stereocenters. The largest absolute Gasteiger partial charge is 0.357 e. The third-order valence-electron chi connectivity index (χ3n) is 6.06. The number of piperidine rings is 1. The van der Waals surface area contributed by atoms with Crippen LogP contribution in [0.2, 0.25) is 0 Å². The van der Waals surface area contributed by atoms with Crippen molar-refractivity contribution in [2.24, 2.45) is 0 Å². The van der Waals surface area contributed by atoms with Gasteiger partial charge in [0.2, 0.25) is 5.91 Å². The summed E-state index contributed by atoms with van der Waals surface area (Å²) in [6, 6.07) is 13.1. The number of anilines is 1. The normalized spacial score (nSPS) is 20.2. The van der Waals surface area contributed by atoms with Crippen LogP contribution in [0.25, 0.3) is 0 Å². The summed E-state index contributed by atoms with van der Waals surface area (Å²) < 4.78 is 23.7. The summed E-state index contributed by atoms with van der Waals surface area (Å²) in [5, 5.41) is 3.03. The van der Waals surface area contributed by atoms with Crippen LogP contribution in [0.1, 0.15) is 36.4 Å². The molecule has 1 amide bonds. The smallest absolute Gasteiger partial charge is 0.242 e. The first-order valence-electron chi connectivity index (χ1n) is 11.0. The summed E-state index contributed by atoms with van der Waals surface area (Å²) in [5.74, 6) is 1.05. The van der Waals surface area contributed by atoms with Gasteiger partial charge in [0.1, 0.15) is 11.9 Å². The lowest BCUT2D eigenvalue weighted by atomic mass is 10.0. The molecule has 0 radical (unpaired) electrons. The average molecular weight is 443 g/mol. The van der Waals surface area contributed by atoms with Gasteiger partial charge < -0.3 is 10.2 Å². The highest BCUT2D eigenvalue weighted by atomic mass is 32.2. The van der Waals surface area contributed by atoms with Crippen LogP contribution >= 0.6 is 0 Å². The van der Waals surface area contributed by atoms with Gasteiger partial charge in [0.25, 0.3) is 0 Å². The van der Waals surface area contributed by atoms with Crippen molar-refractivity contribution in [3.63, 3.8) is 0 Å². The molecule has 1 aromatic heterocycles. The number of hydrogen-bond acceptors (Lipinski definition) is 6. The second-order valence-electron chi connectivity index (χ2n) is 8.29. The van der Waals surface area contributed by atoms with E-state index < -0.39 is 15.9 Å². The highest BCUT2D eigenvalue weighted by Gasteiger charge is 2.32. The van der Waals surface area contributed by atoms with Gasteiger partial charge in [-0.2, -0.15) is 0 Å². The van der Waals surface area contributed by atoms with E-state index in [1.807, 2.05) is 53.6 Å². The van der Waals surface area contributed by atoms with Gasteiger partial charge in [-0.1, -0.05) is 36.4 Å². The number of carbonyl (C=O) groups excluding carboxylic acids is 1. The molecule has 2 fully saturated rings. The molecule has 0 bridgehead atoms. The Bertz CT molecular complexity index is 960. The van der Waals surface area contributed by atoms with Crippen molar-refractivity contribution in [3.8, 4) is 0 Å². The van der Waals surface area contributed by atoms with E-state index in [2.05, 4.69) is 15.2 Å². The maximum atomic E-state index is 13.2. The quantitative estimate of drug-likeness (QED) is 0.738. The molecule has 2 aromatic rings. The number of hydrogen-bond donors (Lipinski definition) is 1. The van der Waals surface area contributed by atoms with E-state index in [1.165, 1.54) is 19.3 Å². The average Bonchev–Trinajstić information content (AvgIpc) is 2.80. The standard InChI is InChI=1S/C23H30N4O3S/c28-23(25-18-19-9-10-21(24-17-19)26-11-5-2-6-12-26)22(20-7-3-1-4-8-20)27-13-15-31(29,30)16-14-27/h1,3-4,7-10,17,22H,2,5-6,11-16,18H2,(H,25,28). The van der Waals surface area contributed by atoms with E-state index in [-0.39, 0.29) is 17.4 Å². The number of rotatable bonds is 6. The first kappa shape index (κ1) is 21.8. The highest BCUT2D eigenvalue weighted by molar-refractivity contribution is 7.91. The van der Waals surface area contributed by atoms with E-state index in [0.717, 1.165) is 30.0 Å². The fourth-order valence-corrected chi connectivity index (χ4v) is 5.49. The maximum absolute atomic E-state index is 13.2. The van der Waals surface area contributed by atoms with Crippen LogP contribution in [-0.2, 0) is 21.2 Å². The number of nitrogens with zero attached hydrogens (tertiary/aromatic N) is 3. The van der Waals surface area contributed by atoms with Crippen LogP contribution in [0.3, 0.4) is 0 Å². The molecule has 1 N–H and O–H groups in total. The molecule has 1 atom stereocenters. The van der Waals surface area contributed by atoms with Gasteiger partial charge >= 0.3 is 0 Å². The predicted molar refractivity (Wildman–Crippen MR) is 122 cm³/mol. The molecule has 3 heterocycles. The Balaban J connectivity index is 1.41. The van der Waals surface area contributed by atoms with E-state index in [0.29, 0.717) is 19.6 Å². The van der Waals surface area contributed by atoms with Crippen LogP contribution < -0.4 is 10.2 Å². The number of amides is 1. The van der Waals surface area contributed by atoms with Gasteiger partial charge in [0.05, 0.1) is 11.5 Å². The zero-order valence-corrected chi connectivity index (χ0v) is 18.6. The van der Waals surface area contributed by atoms with E-state index in [1.54, 1.807) is 0 Å². The van der Waals surface area contributed by atoms with E-state index in [9.17, 15) is 13.2 Å². The lowest BCUT2D eigenvalue weighted by Gasteiger charge is -2.33. The van der Waals surface area contributed by atoms with Crippen molar-refractivity contribution in [2.75, 3.05) is 42.6 Å². The van der Waals surface area contributed by atoms with Gasteiger partial charge in [-0.3, -0.25) is 9.69 Å². The molecular formula is C23H30N4O3S. The van der Waals surface area contributed by atoms with Crippen LogP contribution in [0.15, 0.2) is 48.7 Å². The topological polar surface area (TPSA) is 82.6 Å². The molecule has 1 aromatic carbocycles. The summed E-state index contributed by atoms with van der Waals surface area (Å²) >= 11 is 0. The van der Waals surface area contributed by atoms with Crippen LogP contribution in [0, 0.1) is 0 Å². The number of carbonyl (C=O) groups is 1. The molecule has 7 nitrogen and oxygen atoms in total. The van der Waals surface area contributed by atoms with Crippen LogP contribution in [-0.4, -0.2) is 61.9 Å². The summed E-state index contributed by atoms with van der Waals surface area (Å²) in [5.41, 5.74) is 1.82. The summed E-state index contributed by atoms with van der Waals surface area (Å²) in [6.45, 7) is 3.21. The Labute approximate surface area is 184 Å². The predicted octanol–water partition coefficient (Wildman–Crippen LogP) is 2.16. The number of aromatic nitrogens is 1.